The normalized spacial score (nSPS) is 15.2. The topological polar surface area (TPSA) is 111 Å². The maximum absolute atomic E-state index is 11.4. The first-order chi connectivity index (χ1) is 13.7. The quantitative estimate of drug-likeness (QED) is 0.671. The first kappa shape index (κ1) is 17.5. The molecule has 1 aliphatic rings. The molecule has 142 valence electrons. The van der Waals surface area contributed by atoms with Gasteiger partial charge in [-0.25, -0.2) is 4.79 Å². The van der Waals surface area contributed by atoms with Crippen molar-refractivity contribution in [3.8, 4) is 11.5 Å². The number of hydrogen-bond acceptors (Lipinski definition) is 7. The number of benzene rings is 2. The number of methoxy groups -OCH3 is 1. The van der Waals surface area contributed by atoms with E-state index in [0.717, 1.165) is 11.1 Å². The molecule has 0 saturated heterocycles. The number of rotatable bonds is 6. The first-order valence-corrected chi connectivity index (χ1v) is 8.50. The van der Waals surface area contributed by atoms with Crippen LogP contribution in [0.3, 0.4) is 0 Å². The highest BCUT2D eigenvalue weighted by atomic mass is 16.5. The lowest BCUT2D eigenvalue weighted by Gasteiger charge is -2.22. The molecule has 0 radical (unpaired) electrons. The molecule has 1 aliphatic heterocycles. The molecule has 9 heteroatoms. The van der Waals surface area contributed by atoms with E-state index in [1.807, 2.05) is 36.4 Å². The molecule has 0 bridgehead atoms. The summed E-state index contributed by atoms with van der Waals surface area (Å²) < 4.78 is 12.9. The van der Waals surface area contributed by atoms with E-state index in [2.05, 4.69) is 20.8 Å². The predicted octanol–water partition coefficient (Wildman–Crippen LogP) is 2.24. The Kier molecular flexibility index (Phi) is 4.63. The number of carbonyl (C=O) groups is 1. The molecule has 0 amide bonds. The number of ether oxygens (including phenoxy) is 2. The summed E-state index contributed by atoms with van der Waals surface area (Å²) in [5, 5.41) is 23.4. The van der Waals surface area contributed by atoms with Crippen LogP contribution in [0.5, 0.6) is 11.5 Å². The predicted molar refractivity (Wildman–Crippen MR) is 99.1 cm³/mol. The van der Waals surface area contributed by atoms with E-state index in [9.17, 15) is 9.90 Å². The van der Waals surface area contributed by atoms with Crippen molar-refractivity contribution in [1.29, 1.82) is 0 Å². The van der Waals surface area contributed by atoms with Gasteiger partial charge in [-0.15, -0.1) is 0 Å². The number of fused-ring (bicyclic) bond motifs is 1. The van der Waals surface area contributed by atoms with Gasteiger partial charge in [0.15, 0.2) is 11.5 Å². The lowest BCUT2D eigenvalue weighted by atomic mass is 10.0. The van der Waals surface area contributed by atoms with Crippen molar-refractivity contribution in [2.45, 2.75) is 12.6 Å². The maximum atomic E-state index is 11.4. The second-order valence-electron chi connectivity index (χ2n) is 6.09. The van der Waals surface area contributed by atoms with E-state index in [-0.39, 0.29) is 11.6 Å². The number of nitrogens with zero attached hydrogens (tertiary/aromatic N) is 4. The Hall–Kier alpha value is -3.88. The molecule has 0 saturated carbocycles. The molecule has 3 aromatic rings. The highest BCUT2D eigenvalue weighted by molar-refractivity contribution is 5.90. The van der Waals surface area contributed by atoms with Crippen molar-refractivity contribution in [2.24, 2.45) is 0 Å². The molecule has 1 atom stereocenters. The lowest BCUT2D eigenvalue weighted by Crippen LogP contribution is -2.24. The van der Waals surface area contributed by atoms with Gasteiger partial charge in [0.2, 0.25) is 5.95 Å². The number of carboxylic acid groups (broad SMARTS) is 1. The minimum absolute atomic E-state index is 0.00988. The fourth-order valence-electron chi connectivity index (χ4n) is 2.94. The van der Waals surface area contributed by atoms with Crippen LogP contribution in [0.25, 0.3) is 0 Å². The van der Waals surface area contributed by atoms with Gasteiger partial charge in [0.05, 0.1) is 7.11 Å². The third-order valence-electron chi connectivity index (χ3n) is 4.32. The molecule has 0 fully saturated rings. The standard InChI is InChI=1S/C19H17N5O4/c1-27-17-9-13(7-8-16(17)28-11-12-5-3-2-4-6-12)15-10-14(18(25)26)20-19-21-22-23-24(15)19/h2-10,15H,11H2,1H3,(H,25,26)(H,20,21,23)/t15-/m1/s1. The van der Waals surface area contributed by atoms with Crippen LogP contribution < -0.4 is 14.8 Å². The fraction of sp³-hybridized carbons (Fsp3) is 0.158. The van der Waals surface area contributed by atoms with E-state index in [4.69, 9.17) is 9.47 Å². The summed E-state index contributed by atoms with van der Waals surface area (Å²) in [5.41, 5.74) is 1.81. The number of anilines is 1. The van der Waals surface area contributed by atoms with Gasteiger partial charge in [-0.3, -0.25) is 0 Å². The summed E-state index contributed by atoms with van der Waals surface area (Å²) in [7, 11) is 1.55. The van der Waals surface area contributed by atoms with Crippen LogP contribution in [0.2, 0.25) is 0 Å². The number of allylic oxidation sites excluding steroid dienone is 1. The Balaban J connectivity index is 1.63. The summed E-state index contributed by atoms with van der Waals surface area (Å²) in [6.07, 6.45) is 1.55. The number of hydrogen-bond donors (Lipinski definition) is 2. The summed E-state index contributed by atoms with van der Waals surface area (Å²) in [6.45, 7) is 0.407. The Morgan fingerprint density at radius 3 is 2.79 bits per heavy atom. The van der Waals surface area contributed by atoms with E-state index >= 15 is 0 Å². The number of tetrazole rings is 1. The zero-order valence-electron chi connectivity index (χ0n) is 14.9. The van der Waals surface area contributed by atoms with Crippen molar-refractivity contribution in [3.63, 3.8) is 0 Å². The van der Waals surface area contributed by atoms with E-state index in [1.54, 1.807) is 25.3 Å². The number of aromatic nitrogens is 4. The van der Waals surface area contributed by atoms with Crippen molar-refractivity contribution in [1.82, 2.24) is 20.2 Å². The highest BCUT2D eigenvalue weighted by Gasteiger charge is 2.27. The van der Waals surface area contributed by atoms with Gasteiger partial charge in [-0.2, -0.15) is 4.68 Å². The molecule has 0 aliphatic carbocycles. The fourth-order valence-corrected chi connectivity index (χ4v) is 2.94. The van der Waals surface area contributed by atoms with Crippen LogP contribution >= 0.6 is 0 Å². The highest BCUT2D eigenvalue weighted by Crippen LogP contribution is 2.34. The monoisotopic (exact) mass is 379 g/mol. The largest absolute Gasteiger partial charge is 0.493 e. The first-order valence-electron chi connectivity index (χ1n) is 8.50. The summed E-state index contributed by atoms with van der Waals surface area (Å²) in [4.78, 5) is 11.4. The van der Waals surface area contributed by atoms with Gasteiger partial charge in [0.1, 0.15) is 18.3 Å². The summed E-state index contributed by atoms with van der Waals surface area (Å²) in [6, 6.07) is 14.7. The van der Waals surface area contributed by atoms with Gasteiger partial charge in [0, 0.05) is 0 Å². The molecule has 28 heavy (non-hydrogen) atoms. The van der Waals surface area contributed by atoms with Crippen molar-refractivity contribution >= 4 is 11.9 Å². The zero-order chi connectivity index (χ0) is 19.5. The van der Waals surface area contributed by atoms with Crippen LogP contribution in [-0.2, 0) is 11.4 Å². The lowest BCUT2D eigenvalue weighted by molar-refractivity contribution is -0.132. The smallest absolute Gasteiger partial charge is 0.352 e. The third kappa shape index (κ3) is 3.37. The Morgan fingerprint density at radius 1 is 1.21 bits per heavy atom. The molecule has 2 heterocycles. The van der Waals surface area contributed by atoms with Gasteiger partial charge in [-0.1, -0.05) is 41.5 Å². The molecule has 2 aromatic carbocycles. The van der Waals surface area contributed by atoms with Crippen molar-refractivity contribution in [2.75, 3.05) is 12.4 Å². The van der Waals surface area contributed by atoms with Crippen LogP contribution in [0.1, 0.15) is 17.2 Å². The SMILES string of the molecule is COc1cc([C@H]2C=C(C(=O)O)Nc3nnnn32)ccc1OCc1ccccc1. The van der Waals surface area contributed by atoms with Gasteiger partial charge >= 0.3 is 5.97 Å². The maximum Gasteiger partial charge on any atom is 0.352 e. The van der Waals surface area contributed by atoms with Crippen LogP contribution in [0, 0.1) is 0 Å². The second kappa shape index (κ2) is 7.39. The molecule has 0 unspecified atom stereocenters. The minimum Gasteiger partial charge on any atom is -0.493 e. The van der Waals surface area contributed by atoms with Crippen LogP contribution in [0.15, 0.2) is 60.3 Å². The Morgan fingerprint density at radius 2 is 2.04 bits per heavy atom. The van der Waals surface area contributed by atoms with Crippen molar-refractivity contribution < 1.29 is 19.4 Å². The molecule has 4 rings (SSSR count). The van der Waals surface area contributed by atoms with Gasteiger partial charge < -0.3 is 19.9 Å². The summed E-state index contributed by atoms with van der Waals surface area (Å²) >= 11 is 0. The molecular weight excluding hydrogens is 362 g/mol. The average Bonchev–Trinajstić information content (AvgIpc) is 3.21. The number of aliphatic carboxylic acids is 1. The van der Waals surface area contributed by atoms with E-state index in [0.29, 0.717) is 18.1 Å². The van der Waals surface area contributed by atoms with Crippen LogP contribution in [0.4, 0.5) is 5.95 Å². The third-order valence-corrected chi connectivity index (χ3v) is 4.32. The molecule has 9 nitrogen and oxygen atoms in total. The molecule has 2 N–H and O–H groups in total. The number of carboxylic acids is 1. The second-order valence-corrected chi connectivity index (χ2v) is 6.09. The van der Waals surface area contributed by atoms with Crippen LogP contribution in [-0.4, -0.2) is 38.4 Å². The Bertz CT molecular complexity index is 1030. The minimum atomic E-state index is -1.09. The molecule has 1 aromatic heterocycles. The van der Waals surface area contributed by atoms with Gasteiger partial charge in [-0.05, 0) is 39.8 Å². The molecule has 0 spiro atoms. The van der Waals surface area contributed by atoms with E-state index in [1.165, 1.54) is 4.68 Å². The average molecular weight is 379 g/mol. The zero-order valence-corrected chi connectivity index (χ0v) is 14.9. The van der Waals surface area contributed by atoms with E-state index < -0.39 is 12.0 Å². The van der Waals surface area contributed by atoms with Crippen molar-refractivity contribution in [3.05, 3.63) is 71.4 Å². The number of nitrogens with one attached hydrogen (secondary N) is 1. The molecular formula is C19H17N5O4. The van der Waals surface area contributed by atoms with Gasteiger partial charge in [0.25, 0.3) is 0 Å². The summed E-state index contributed by atoms with van der Waals surface area (Å²) in [5.74, 6) is 0.289. The Labute approximate surface area is 160 Å².